The van der Waals surface area contributed by atoms with Crippen LogP contribution in [0, 0.1) is 5.82 Å². The normalized spacial score (nSPS) is 13.8. The van der Waals surface area contributed by atoms with Crippen molar-refractivity contribution in [2.45, 2.75) is 24.6 Å². The van der Waals surface area contributed by atoms with Gasteiger partial charge in [0.15, 0.2) is 26.2 Å². The Morgan fingerprint density at radius 3 is 2.37 bits per heavy atom. The summed E-state index contributed by atoms with van der Waals surface area (Å²) in [7, 11) is -2.74. The third-order valence-electron chi connectivity index (χ3n) is 4.56. The van der Waals surface area contributed by atoms with Crippen LogP contribution in [0.1, 0.15) is 13.3 Å². The lowest BCUT2D eigenvalue weighted by atomic mass is 10.0. The van der Waals surface area contributed by atoms with Crippen molar-refractivity contribution in [1.82, 2.24) is 4.57 Å². The summed E-state index contributed by atoms with van der Waals surface area (Å²) >= 11 is 0. The summed E-state index contributed by atoms with van der Waals surface area (Å²) in [6.45, 7) is 0.749. The fraction of sp³-hybridized carbons (Fsp3) is 0.333. The van der Waals surface area contributed by atoms with E-state index in [0.29, 0.717) is 5.56 Å². The van der Waals surface area contributed by atoms with Crippen LogP contribution in [0.4, 0.5) is 4.39 Å². The minimum absolute atomic E-state index is 0.0107. The lowest BCUT2D eigenvalue weighted by molar-refractivity contribution is -0.139. The molecule has 2 aromatic rings. The number of carboxylic acids is 1. The monoisotopic (exact) mass is 397 g/mol. The molecule has 0 amide bonds. The van der Waals surface area contributed by atoms with Crippen LogP contribution in [0.2, 0.25) is 0 Å². The zero-order valence-electron chi connectivity index (χ0n) is 15.1. The number of hydrogen-bond donors (Lipinski definition) is 1. The second kappa shape index (κ2) is 7.51. The van der Waals surface area contributed by atoms with Gasteiger partial charge in [-0.15, -0.1) is 0 Å². The van der Waals surface area contributed by atoms with Crippen LogP contribution in [0.25, 0.3) is 11.1 Å². The topological polar surface area (TPSA) is 103 Å². The first-order valence-electron chi connectivity index (χ1n) is 7.98. The highest BCUT2D eigenvalue weighted by molar-refractivity contribution is 7.92. The Morgan fingerprint density at radius 1 is 1.30 bits per heavy atom. The molecule has 1 heterocycles. The van der Waals surface area contributed by atoms with Gasteiger partial charge in [0.1, 0.15) is 0 Å². The van der Waals surface area contributed by atoms with Crippen LogP contribution >= 0.6 is 0 Å². The molecule has 27 heavy (non-hydrogen) atoms. The summed E-state index contributed by atoms with van der Waals surface area (Å²) in [5.41, 5.74) is -0.245. The van der Waals surface area contributed by atoms with Crippen molar-refractivity contribution >= 4 is 15.8 Å². The number of carbonyl (C=O) groups is 1. The molecule has 1 aromatic heterocycles. The van der Waals surface area contributed by atoms with E-state index in [1.165, 1.54) is 7.11 Å². The summed E-state index contributed by atoms with van der Waals surface area (Å²) in [4.78, 5) is 24.1. The van der Waals surface area contributed by atoms with Crippen LogP contribution in [0.3, 0.4) is 0 Å². The van der Waals surface area contributed by atoms with Crippen molar-refractivity contribution in [3.05, 3.63) is 52.7 Å². The lowest BCUT2D eigenvalue weighted by Crippen LogP contribution is -2.44. The second-order valence-electron chi connectivity index (χ2n) is 6.31. The number of carboxylic acid groups (broad SMARTS) is 1. The number of methoxy groups -OCH3 is 1. The van der Waals surface area contributed by atoms with Gasteiger partial charge in [0.05, 0.1) is 12.7 Å². The quantitative estimate of drug-likeness (QED) is 0.766. The summed E-state index contributed by atoms with van der Waals surface area (Å²) in [6.07, 6.45) is 1.33. The smallest absolute Gasteiger partial charge is 0.324 e. The fourth-order valence-electron chi connectivity index (χ4n) is 2.62. The van der Waals surface area contributed by atoms with Crippen molar-refractivity contribution in [2.75, 3.05) is 13.4 Å². The Balaban J connectivity index is 2.51. The largest absolute Gasteiger partial charge is 0.491 e. The molecule has 0 bridgehead atoms. The Bertz CT molecular complexity index is 1020. The SMILES string of the molecule is COc1c(-c2ccccc2)c(F)cn(CC[C@](C)(C(=O)O)S(C)(=O)=O)c1=O. The molecule has 0 unspecified atom stereocenters. The van der Waals surface area contributed by atoms with Crippen molar-refractivity contribution in [2.24, 2.45) is 0 Å². The van der Waals surface area contributed by atoms with Gasteiger partial charge in [-0.2, -0.15) is 0 Å². The minimum Gasteiger partial charge on any atom is -0.491 e. The Morgan fingerprint density at radius 2 is 1.89 bits per heavy atom. The Hall–Kier alpha value is -2.68. The first kappa shape index (κ1) is 20.6. The predicted octanol–water partition coefficient (Wildman–Crippen LogP) is 1.94. The second-order valence-corrected chi connectivity index (χ2v) is 8.75. The summed E-state index contributed by atoms with van der Waals surface area (Å²) < 4.78 is 42.3. The highest BCUT2D eigenvalue weighted by Crippen LogP contribution is 2.30. The van der Waals surface area contributed by atoms with Gasteiger partial charge in [-0.1, -0.05) is 30.3 Å². The third-order valence-corrected chi connectivity index (χ3v) is 6.57. The molecular formula is C18H20FNO6S. The van der Waals surface area contributed by atoms with E-state index in [0.717, 1.165) is 23.9 Å². The van der Waals surface area contributed by atoms with Gasteiger partial charge in [-0.25, -0.2) is 12.8 Å². The molecule has 1 atom stereocenters. The van der Waals surface area contributed by atoms with Crippen LogP contribution < -0.4 is 10.3 Å². The van der Waals surface area contributed by atoms with Gasteiger partial charge in [0.2, 0.25) is 0 Å². The molecule has 1 aromatic carbocycles. The number of aryl methyl sites for hydroxylation is 1. The van der Waals surface area contributed by atoms with E-state index in [2.05, 4.69) is 0 Å². The number of rotatable bonds is 7. The zero-order valence-corrected chi connectivity index (χ0v) is 15.9. The van der Waals surface area contributed by atoms with E-state index in [1.54, 1.807) is 30.3 Å². The highest BCUT2D eigenvalue weighted by Gasteiger charge is 2.43. The average molecular weight is 397 g/mol. The molecule has 2 rings (SSSR count). The summed E-state index contributed by atoms with van der Waals surface area (Å²) in [5, 5.41) is 9.30. The van der Waals surface area contributed by atoms with Gasteiger partial charge in [0, 0.05) is 19.0 Å². The van der Waals surface area contributed by atoms with Gasteiger partial charge < -0.3 is 14.4 Å². The maximum Gasteiger partial charge on any atom is 0.324 e. The molecule has 0 fully saturated rings. The molecule has 0 saturated carbocycles. The number of ether oxygens (including phenoxy) is 1. The van der Waals surface area contributed by atoms with Gasteiger partial charge in [0.25, 0.3) is 5.56 Å². The number of pyridine rings is 1. The van der Waals surface area contributed by atoms with E-state index in [1.807, 2.05) is 0 Å². The van der Waals surface area contributed by atoms with E-state index in [4.69, 9.17) is 4.74 Å². The molecule has 0 aliphatic heterocycles. The van der Waals surface area contributed by atoms with Crippen LogP contribution in [-0.2, 0) is 21.2 Å². The molecule has 0 aliphatic carbocycles. The lowest BCUT2D eigenvalue weighted by Gasteiger charge is -2.23. The molecule has 7 nitrogen and oxygen atoms in total. The summed E-state index contributed by atoms with van der Waals surface area (Å²) in [6, 6.07) is 8.35. The molecule has 0 radical (unpaired) electrons. The number of sulfone groups is 1. The first-order valence-corrected chi connectivity index (χ1v) is 9.87. The van der Waals surface area contributed by atoms with Crippen molar-refractivity contribution < 1.29 is 27.4 Å². The Labute approximate surface area is 155 Å². The Kier molecular flexibility index (Phi) is 5.74. The number of nitrogens with zero attached hydrogens (tertiary/aromatic N) is 1. The van der Waals surface area contributed by atoms with Gasteiger partial charge in [-0.05, 0) is 18.9 Å². The van der Waals surface area contributed by atoms with Crippen molar-refractivity contribution in [3.8, 4) is 16.9 Å². The third kappa shape index (κ3) is 3.87. The van der Waals surface area contributed by atoms with Gasteiger partial charge >= 0.3 is 5.97 Å². The maximum absolute atomic E-state index is 14.7. The van der Waals surface area contributed by atoms with Crippen LogP contribution in [0.15, 0.2) is 41.3 Å². The molecule has 0 aliphatic rings. The number of hydrogen-bond acceptors (Lipinski definition) is 5. The molecule has 0 spiro atoms. The van der Waals surface area contributed by atoms with E-state index in [-0.39, 0.29) is 17.9 Å². The number of benzene rings is 1. The highest BCUT2D eigenvalue weighted by atomic mass is 32.2. The average Bonchev–Trinajstić information content (AvgIpc) is 2.60. The number of aromatic nitrogens is 1. The number of halogens is 1. The minimum atomic E-state index is -3.96. The first-order chi connectivity index (χ1) is 12.5. The molecular weight excluding hydrogens is 377 g/mol. The summed E-state index contributed by atoms with van der Waals surface area (Å²) in [5.74, 6) is -2.52. The number of aliphatic carboxylic acids is 1. The molecule has 0 saturated heterocycles. The fourth-order valence-corrected chi connectivity index (χ4v) is 3.40. The predicted molar refractivity (Wildman–Crippen MR) is 98.1 cm³/mol. The van der Waals surface area contributed by atoms with Crippen molar-refractivity contribution in [1.29, 1.82) is 0 Å². The maximum atomic E-state index is 14.7. The molecule has 9 heteroatoms. The standard InChI is InChI=1S/C18H20FNO6S/c1-18(17(22)23,27(3,24)25)9-10-20-11-13(19)14(15(26-2)16(20)21)12-7-5-4-6-8-12/h4-8,11H,9-10H2,1-3H3,(H,22,23)/t18-/m1/s1. The van der Waals surface area contributed by atoms with Crippen LogP contribution in [-0.4, -0.2) is 42.2 Å². The molecule has 1 N–H and O–H groups in total. The molecule has 146 valence electrons. The van der Waals surface area contributed by atoms with E-state index >= 15 is 0 Å². The van der Waals surface area contributed by atoms with E-state index < -0.39 is 38.4 Å². The zero-order chi connectivity index (χ0) is 20.4. The van der Waals surface area contributed by atoms with E-state index in [9.17, 15) is 27.5 Å². The van der Waals surface area contributed by atoms with Crippen LogP contribution in [0.5, 0.6) is 5.75 Å². The van der Waals surface area contributed by atoms with Crippen molar-refractivity contribution in [3.63, 3.8) is 0 Å². The van der Waals surface area contributed by atoms with Gasteiger partial charge in [-0.3, -0.25) is 9.59 Å².